The summed E-state index contributed by atoms with van der Waals surface area (Å²) in [4.78, 5) is 39.4. The SMILES string of the molecule is C.CCN(CC1CCCN(c2ccccc2C)C1)C(=O)c1cc2ccccc2[nH]1.CCN(CC1CCCN(c2ccccc2C)C1)C(=O)c1cc2ccccc2n1Cc1ccc(OC)cc1.[2H]CC. The van der Waals surface area contributed by atoms with E-state index in [2.05, 4.69) is 126 Å². The Morgan fingerprint density at radius 3 is 1.75 bits per heavy atom. The number of nitrogens with zero attached hydrogens (tertiary/aromatic N) is 5. The van der Waals surface area contributed by atoms with Gasteiger partial charge in [-0.1, -0.05) is 106 Å². The molecule has 2 saturated heterocycles. The molecule has 2 aromatic heterocycles. The van der Waals surface area contributed by atoms with E-state index in [-0.39, 0.29) is 19.2 Å². The molecule has 2 unspecified atom stereocenters. The second-order valence-corrected chi connectivity index (χ2v) is 18.0. The number of para-hydroxylation sites is 4. The summed E-state index contributed by atoms with van der Waals surface area (Å²) in [7, 11) is 1.68. The minimum Gasteiger partial charge on any atom is -0.497 e. The van der Waals surface area contributed by atoms with Crippen molar-refractivity contribution in [3.8, 4) is 5.75 Å². The zero-order valence-corrected chi connectivity index (χ0v) is 40.7. The number of carbonyl (C=O) groups is 2. The number of aromatic nitrogens is 2. The van der Waals surface area contributed by atoms with E-state index < -0.39 is 0 Å². The Morgan fingerprint density at radius 2 is 1.21 bits per heavy atom. The fraction of sp³-hybridized carbons (Fsp3) is 0.390. The van der Waals surface area contributed by atoms with Crippen LogP contribution in [0.3, 0.4) is 0 Å². The first-order valence-electron chi connectivity index (χ1n) is 25.1. The van der Waals surface area contributed by atoms with Gasteiger partial charge in [0.1, 0.15) is 17.1 Å². The van der Waals surface area contributed by atoms with Gasteiger partial charge in [0.2, 0.25) is 0 Å². The normalized spacial score (nSPS) is 15.8. The molecule has 2 aliphatic rings. The molecule has 0 spiro atoms. The number of anilines is 2. The van der Waals surface area contributed by atoms with Gasteiger partial charge in [0.25, 0.3) is 11.8 Å². The van der Waals surface area contributed by atoms with Gasteiger partial charge in [-0.25, -0.2) is 0 Å². The zero-order chi connectivity index (χ0) is 48.0. The molecule has 1 N–H and O–H groups in total. The number of methoxy groups -OCH3 is 1. The largest absolute Gasteiger partial charge is 0.497 e. The van der Waals surface area contributed by atoms with Crippen molar-refractivity contribution in [2.24, 2.45) is 11.8 Å². The third-order valence-corrected chi connectivity index (χ3v) is 13.5. The highest BCUT2D eigenvalue weighted by molar-refractivity contribution is 5.99. The molecule has 0 saturated carbocycles. The summed E-state index contributed by atoms with van der Waals surface area (Å²) in [5, 5.41) is 2.18. The van der Waals surface area contributed by atoms with Gasteiger partial charge in [-0.05, 0) is 130 Å². The average molecular weight is 918 g/mol. The first kappa shape index (κ1) is 49.4. The first-order valence-corrected chi connectivity index (χ1v) is 24.4. The lowest BCUT2D eigenvalue weighted by Crippen LogP contribution is -2.43. The number of nitrogens with one attached hydrogen (secondary N) is 1. The maximum atomic E-state index is 14.0. The fourth-order valence-electron chi connectivity index (χ4n) is 10.0. The lowest BCUT2D eigenvalue weighted by Gasteiger charge is -2.37. The third-order valence-electron chi connectivity index (χ3n) is 13.5. The van der Waals surface area contributed by atoms with Gasteiger partial charge in [0.15, 0.2) is 0 Å². The second kappa shape index (κ2) is 24.5. The molecule has 7 aromatic rings. The predicted octanol–water partition coefficient (Wildman–Crippen LogP) is 12.9. The lowest BCUT2D eigenvalue weighted by atomic mass is 9.96. The van der Waals surface area contributed by atoms with Crippen molar-refractivity contribution in [2.75, 3.05) is 69.3 Å². The van der Waals surface area contributed by atoms with Crippen molar-refractivity contribution >= 4 is 45.0 Å². The van der Waals surface area contributed by atoms with Gasteiger partial charge >= 0.3 is 0 Å². The molecule has 68 heavy (non-hydrogen) atoms. The summed E-state index contributed by atoms with van der Waals surface area (Å²) in [6, 6.07) is 45.7. The molecule has 2 aliphatic heterocycles. The lowest BCUT2D eigenvalue weighted by molar-refractivity contribution is 0.0717. The smallest absolute Gasteiger partial charge is 0.270 e. The van der Waals surface area contributed by atoms with Gasteiger partial charge in [-0.2, -0.15) is 0 Å². The molecule has 5 aromatic carbocycles. The van der Waals surface area contributed by atoms with Crippen LogP contribution in [0.2, 0.25) is 0 Å². The molecule has 9 heteroatoms. The van der Waals surface area contributed by atoms with Crippen LogP contribution in [0.4, 0.5) is 11.4 Å². The number of amides is 2. The molecular formula is C59H76N6O3. The minimum atomic E-state index is 0. The van der Waals surface area contributed by atoms with E-state index in [9.17, 15) is 9.59 Å². The number of ether oxygens (including phenoxy) is 1. The number of aromatic amines is 1. The van der Waals surface area contributed by atoms with E-state index in [4.69, 9.17) is 6.11 Å². The number of H-pyrrole nitrogens is 1. The van der Waals surface area contributed by atoms with Gasteiger partial charge in [-0.3, -0.25) is 9.59 Å². The van der Waals surface area contributed by atoms with Crippen LogP contribution in [0.5, 0.6) is 5.75 Å². The van der Waals surface area contributed by atoms with Gasteiger partial charge in [0.05, 0.1) is 7.11 Å². The molecule has 9 nitrogen and oxygen atoms in total. The Balaban J connectivity index is 0.000000219. The quantitative estimate of drug-likeness (QED) is 0.125. The summed E-state index contributed by atoms with van der Waals surface area (Å²) in [6.45, 7) is 18.7. The van der Waals surface area contributed by atoms with Crippen LogP contribution < -0.4 is 14.5 Å². The molecule has 0 aliphatic carbocycles. The van der Waals surface area contributed by atoms with E-state index in [0.29, 0.717) is 37.5 Å². The predicted molar refractivity (Wildman–Crippen MR) is 286 cm³/mol. The molecule has 0 bridgehead atoms. The number of aryl methyl sites for hydroxylation is 2. The van der Waals surface area contributed by atoms with Crippen molar-refractivity contribution in [3.05, 3.63) is 162 Å². The van der Waals surface area contributed by atoms with Crippen LogP contribution in [-0.2, 0) is 6.54 Å². The van der Waals surface area contributed by atoms with E-state index in [1.54, 1.807) is 14.0 Å². The highest BCUT2D eigenvalue weighted by Gasteiger charge is 2.28. The first-order chi connectivity index (χ1) is 33.1. The number of hydrogen-bond acceptors (Lipinski definition) is 5. The summed E-state index contributed by atoms with van der Waals surface area (Å²) >= 11 is 0. The van der Waals surface area contributed by atoms with Gasteiger partial charge in [0, 0.05) is 93.5 Å². The summed E-state index contributed by atoms with van der Waals surface area (Å²) in [5.74, 6) is 2.01. The number of fused-ring (bicyclic) bond motifs is 2. The van der Waals surface area contributed by atoms with E-state index in [1.807, 2.05) is 64.4 Å². The Morgan fingerprint density at radius 1 is 0.691 bits per heavy atom. The summed E-state index contributed by atoms with van der Waals surface area (Å²) in [6.07, 6.45) is 4.67. The molecule has 9 rings (SSSR count). The zero-order valence-electron chi connectivity index (χ0n) is 41.7. The molecule has 2 fully saturated rings. The van der Waals surface area contributed by atoms with Gasteiger partial charge < -0.3 is 33.9 Å². The monoisotopic (exact) mass is 918 g/mol. The van der Waals surface area contributed by atoms with Crippen LogP contribution in [-0.4, -0.2) is 90.6 Å². The van der Waals surface area contributed by atoms with Crippen molar-refractivity contribution in [1.82, 2.24) is 19.4 Å². The van der Waals surface area contributed by atoms with Crippen LogP contribution in [0, 0.1) is 25.7 Å². The van der Waals surface area contributed by atoms with E-state index in [1.165, 1.54) is 35.3 Å². The Labute approximate surface area is 408 Å². The van der Waals surface area contributed by atoms with Crippen molar-refractivity contribution in [2.45, 2.75) is 81.2 Å². The Bertz CT molecular complexity index is 2680. The van der Waals surface area contributed by atoms with Crippen LogP contribution in [0.15, 0.2) is 133 Å². The standard InChI is InChI=1S/C32H37N3O2.C24H29N3O.C2H6.CH4/c1-4-33(21-26-11-9-19-34(22-26)29-13-7-5-10-24(29)2)32(36)31-20-27-12-6-8-14-30(27)35(31)23-25-15-17-28(37-3)18-16-25;1-3-26(24(28)22-15-20-11-5-6-12-21(20)25-22)16-19-10-8-14-27(17-19)23-13-7-4-9-18(23)2;1-2;/h5-8,10,12-18,20,26H,4,9,11,19,21-23H2,1-3H3;4-7,9,11-13,15,19,25H,3,8,10,14,16-17H2,1-2H3;1-2H3;1H4/i;;1D;. The number of benzene rings is 5. The number of rotatable bonds is 13. The highest BCUT2D eigenvalue weighted by Crippen LogP contribution is 2.30. The maximum absolute atomic E-state index is 14.0. The van der Waals surface area contributed by atoms with Crippen molar-refractivity contribution in [3.63, 3.8) is 0 Å². The molecule has 0 radical (unpaired) electrons. The fourth-order valence-corrected chi connectivity index (χ4v) is 10.0. The van der Waals surface area contributed by atoms with Gasteiger partial charge in [-0.15, -0.1) is 0 Å². The number of piperidine rings is 2. The third kappa shape index (κ3) is 12.2. The molecule has 4 heterocycles. The van der Waals surface area contributed by atoms with E-state index >= 15 is 0 Å². The molecular weight excluding hydrogens is 841 g/mol. The summed E-state index contributed by atoms with van der Waals surface area (Å²) < 4.78 is 13.7. The maximum Gasteiger partial charge on any atom is 0.270 e. The van der Waals surface area contributed by atoms with Crippen molar-refractivity contribution < 1.29 is 15.7 Å². The van der Waals surface area contributed by atoms with E-state index in [0.717, 1.165) is 97.5 Å². The van der Waals surface area contributed by atoms with Crippen LogP contribution >= 0.6 is 0 Å². The minimum absolute atomic E-state index is 0. The molecule has 360 valence electrons. The number of hydrogen-bond donors (Lipinski definition) is 1. The molecule has 2 amide bonds. The number of carbonyl (C=O) groups excluding carboxylic acids is 2. The summed E-state index contributed by atoms with van der Waals surface area (Å²) in [5.41, 5.74) is 9.98. The Kier molecular flexibility index (Phi) is 17.8. The topological polar surface area (TPSA) is 77.1 Å². The van der Waals surface area contributed by atoms with Crippen LogP contribution in [0.1, 0.15) is 99.8 Å². The second-order valence-electron chi connectivity index (χ2n) is 18.0. The van der Waals surface area contributed by atoms with Crippen molar-refractivity contribution in [1.29, 1.82) is 0 Å². The van der Waals surface area contributed by atoms with Crippen LogP contribution in [0.25, 0.3) is 21.8 Å². The average Bonchev–Trinajstić information content (AvgIpc) is 3.98. The Hall–Kier alpha value is -6.48. The molecule has 2 atom stereocenters. The highest BCUT2D eigenvalue weighted by atomic mass is 16.5.